The van der Waals surface area contributed by atoms with Gasteiger partial charge in [0.25, 0.3) is 0 Å². The van der Waals surface area contributed by atoms with Crippen LogP contribution >= 0.6 is 34.7 Å². The number of carbonyl (C=O) groups is 1. The highest BCUT2D eigenvalue weighted by Gasteiger charge is 2.23. The highest BCUT2D eigenvalue weighted by molar-refractivity contribution is 7.99. The molecular formula is C19H18ClN3OS2. The summed E-state index contributed by atoms with van der Waals surface area (Å²) in [6.45, 7) is 2.28. The summed E-state index contributed by atoms with van der Waals surface area (Å²) >= 11 is 9.49. The van der Waals surface area contributed by atoms with Crippen LogP contribution in [-0.2, 0) is 17.6 Å². The normalized spacial score (nSPS) is 16.5. The van der Waals surface area contributed by atoms with E-state index in [1.54, 1.807) is 11.3 Å². The van der Waals surface area contributed by atoms with Crippen LogP contribution in [0.25, 0.3) is 10.2 Å². The fraction of sp³-hybridized carbons (Fsp3) is 0.316. The van der Waals surface area contributed by atoms with Gasteiger partial charge >= 0.3 is 0 Å². The van der Waals surface area contributed by atoms with Crippen LogP contribution in [0.3, 0.4) is 0 Å². The van der Waals surface area contributed by atoms with Crippen molar-refractivity contribution in [2.24, 2.45) is 5.92 Å². The molecule has 7 heteroatoms. The van der Waals surface area contributed by atoms with E-state index in [1.165, 1.54) is 28.6 Å². The number of hydrogen-bond donors (Lipinski definition) is 1. The lowest BCUT2D eigenvalue weighted by atomic mass is 9.89. The topological polar surface area (TPSA) is 54.9 Å². The Morgan fingerprint density at radius 1 is 1.35 bits per heavy atom. The van der Waals surface area contributed by atoms with Crippen LogP contribution in [0.1, 0.15) is 23.8 Å². The third-order valence-electron chi connectivity index (χ3n) is 4.48. The number of aryl methyl sites for hydroxylation is 1. The fourth-order valence-corrected chi connectivity index (χ4v) is 5.67. The Kier molecular flexibility index (Phi) is 5.16. The fourth-order valence-electron chi connectivity index (χ4n) is 3.19. The molecule has 0 radical (unpaired) electrons. The van der Waals surface area contributed by atoms with Crippen molar-refractivity contribution >= 4 is 56.5 Å². The van der Waals surface area contributed by atoms with E-state index in [0.29, 0.717) is 16.2 Å². The second-order valence-electron chi connectivity index (χ2n) is 6.53. The number of rotatable bonds is 4. The van der Waals surface area contributed by atoms with E-state index >= 15 is 0 Å². The number of anilines is 1. The van der Waals surface area contributed by atoms with Gasteiger partial charge in [0.15, 0.2) is 5.16 Å². The summed E-state index contributed by atoms with van der Waals surface area (Å²) in [5.74, 6) is 0.872. The van der Waals surface area contributed by atoms with Crippen molar-refractivity contribution in [3.63, 3.8) is 0 Å². The first kappa shape index (κ1) is 17.8. The molecule has 0 spiro atoms. The minimum Gasteiger partial charge on any atom is -0.325 e. The van der Waals surface area contributed by atoms with E-state index < -0.39 is 0 Å². The van der Waals surface area contributed by atoms with Crippen molar-refractivity contribution in [2.45, 2.75) is 31.3 Å². The average Bonchev–Trinajstić information content (AvgIpc) is 2.98. The second kappa shape index (κ2) is 7.55. The van der Waals surface area contributed by atoms with Gasteiger partial charge in [-0.1, -0.05) is 48.5 Å². The predicted molar refractivity (Wildman–Crippen MR) is 109 cm³/mol. The maximum Gasteiger partial charge on any atom is 0.234 e. The molecule has 1 unspecified atom stereocenters. The summed E-state index contributed by atoms with van der Waals surface area (Å²) in [7, 11) is 0. The molecule has 2 aromatic heterocycles. The molecule has 1 amide bonds. The van der Waals surface area contributed by atoms with Crippen LogP contribution in [0.5, 0.6) is 0 Å². The van der Waals surface area contributed by atoms with E-state index in [0.717, 1.165) is 28.7 Å². The zero-order valence-corrected chi connectivity index (χ0v) is 16.7. The molecule has 1 aromatic carbocycles. The molecule has 1 aliphatic carbocycles. The molecule has 3 aromatic rings. The van der Waals surface area contributed by atoms with Gasteiger partial charge in [-0.05, 0) is 42.9 Å². The monoisotopic (exact) mass is 403 g/mol. The summed E-state index contributed by atoms with van der Waals surface area (Å²) in [6.07, 6.45) is 3.32. The van der Waals surface area contributed by atoms with Gasteiger partial charge in [0.1, 0.15) is 9.98 Å². The third kappa shape index (κ3) is 3.72. The van der Waals surface area contributed by atoms with Gasteiger partial charge in [0, 0.05) is 10.6 Å². The SMILES string of the molecule is CC1CCc2c(sc3nc(SCC(=O)Nc4ccccc4)nc(Cl)c23)C1. The van der Waals surface area contributed by atoms with Gasteiger partial charge in [0.2, 0.25) is 5.91 Å². The number of benzene rings is 1. The number of aromatic nitrogens is 2. The first-order chi connectivity index (χ1) is 12.6. The van der Waals surface area contributed by atoms with Crippen LogP contribution in [0.15, 0.2) is 35.5 Å². The van der Waals surface area contributed by atoms with Crippen molar-refractivity contribution in [2.75, 3.05) is 11.1 Å². The van der Waals surface area contributed by atoms with Crippen LogP contribution in [0.4, 0.5) is 5.69 Å². The lowest BCUT2D eigenvalue weighted by Crippen LogP contribution is -2.14. The zero-order valence-electron chi connectivity index (χ0n) is 14.3. The van der Waals surface area contributed by atoms with Gasteiger partial charge in [-0.3, -0.25) is 4.79 Å². The quantitative estimate of drug-likeness (QED) is 0.369. The number of nitrogens with one attached hydrogen (secondary N) is 1. The molecule has 0 saturated carbocycles. The molecule has 134 valence electrons. The Bertz CT molecular complexity index is 958. The number of thioether (sulfide) groups is 1. The number of amides is 1. The van der Waals surface area contributed by atoms with Crippen LogP contribution in [0.2, 0.25) is 5.15 Å². The zero-order chi connectivity index (χ0) is 18.1. The molecule has 0 bridgehead atoms. The lowest BCUT2D eigenvalue weighted by Gasteiger charge is -2.17. The van der Waals surface area contributed by atoms with E-state index in [-0.39, 0.29) is 11.7 Å². The number of fused-ring (bicyclic) bond motifs is 3. The molecular weight excluding hydrogens is 386 g/mol. The first-order valence-corrected chi connectivity index (χ1v) is 10.7. The van der Waals surface area contributed by atoms with Crippen molar-refractivity contribution in [1.82, 2.24) is 9.97 Å². The number of thiophene rings is 1. The number of nitrogens with zero attached hydrogens (tertiary/aromatic N) is 2. The van der Waals surface area contributed by atoms with Gasteiger partial charge in [0.05, 0.1) is 11.1 Å². The summed E-state index contributed by atoms with van der Waals surface area (Å²) in [5, 5.41) is 4.93. The molecule has 0 saturated heterocycles. The molecule has 1 N–H and O–H groups in total. The minimum absolute atomic E-state index is 0.0830. The van der Waals surface area contributed by atoms with Gasteiger partial charge in [-0.25, -0.2) is 9.97 Å². The summed E-state index contributed by atoms with van der Waals surface area (Å²) in [5.41, 5.74) is 2.11. The summed E-state index contributed by atoms with van der Waals surface area (Å²) in [4.78, 5) is 23.5. The van der Waals surface area contributed by atoms with E-state index in [2.05, 4.69) is 22.2 Å². The van der Waals surface area contributed by atoms with Gasteiger partial charge in [-0.15, -0.1) is 11.3 Å². The molecule has 4 rings (SSSR count). The molecule has 0 aliphatic heterocycles. The van der Waals surface area contributed by atoms with Crippen molar-refractivity contribution in [3.8, 4) is 0 Å². The third-order valence-corrected chi connectivity index (χ3v) is 6.75. The second-order valence-corrected chi connectivity index (χ2v) is 8.92. The lowest BCUT2D eigenvalue weighted by molar-refractivity contribution is -0.113. The Labute approximate surface area is 165 Å². The number of hydrogen-bond acceptors (Lipinski definition) is 5. The van der Waals surface area contributed by atoms with Gasteiger partial charge in [-0.2, -0.15) is 0 Å². The highest BCUT2D eigenvalue weighted by Crippen LogP contribution is 2.40. The molecule has 0 fully saturated rings. The molecule has 1 aliphatic rings. The molecule has 26 heavy (non-hydrogen) atoms. The summed E-state index contributed by atoms with van der Waals surface area (Å²) < 4.78 is 0. The Balaban J connectivity index is 1.50. The van der Waals surface area contributed by atoms with Crippen molar-refractivity contribution < 1.29 is 4.79 Å². The molecule has 1 atom stereocenters. The largest absolute Gasteiger partial charge is 0.325 e. The number of carbonyl (C=O) groups excluding carboxylic acids is 1. The standard InChI is InChI=1S/C19H18ClN3OS2/c1-11-7-8-13-14(9-11)26-18-16(13)17(20)22-19(23-18)25-10-15(24)21-12-5-3-2-4-6-12/h2-6,11H,7-10H2,1H3,(H,21,24). The summed E-state index contributed by atoms with van der Waals surface area (Å²) in [6, 6.07) is 9.41. The van der Waals surface area contributed by atoms with E-state index in [1.807, 2.05) is 30.3 Å². The Morgan fingerprint density at radius 2 is 2.15 bits per heavy atom. The Hall–Kier alpha value is -1.63. The maximum atomic E-state index is 12.1. The minimum atomic E-state index is -0.0830. The maximum absolute atomic E-state index is 12.1. The van der Waals surface area contributed by atoms with E-state index in [9.17, 15) is 4.79 Å². The van der Waals surface area contributed by atoms with Crippen LogP contribution in [-0.4, -0.2) is 21.6 Å². The van der Waals surface area contributed by atoms with Crippen LogP contribution in [0, 0.1) is 5.92 Å². The van der Waals surface area contributed by atoms with Crippen molar-refractivity contribution in [3.05, 3.63) is 45.9 Å². The number of para-hydroxylation sites is 1. The Morgan fingerprint density at radius 3 is 2.96 bits per heavy atom. The predicted octanol–water partition coefficient (Wildman–Crippen LogP) is 5.20. The number of halogens is 1. The smallest absolute Gasteiger partial charge is 0.234 e. The van der Waals surface area contributed by atoms with Crippen LogP contribution < -0.4 is 5.32 Å². The molecule has 4 nitrogen and oxygen atoms in total. The van der Waals surface area contributed by atoms with E-state index in [4.69, 9.17) is 11.6 Å². The first-order valence-electron chi connectivity index (χ1n) is 8.55. The highest BCUT2D eigenvalue weighted by atomic mass is 35.5. The van der Waals surface area contributed by atoms with Gasteiger partial charge < -0.3 is 5.32 Å². The molecule has 2 heterocycles. The van der Waals surface area contributed by atoms with Crippen molar-refractivity contribution in [1.29, 1.82) is 0 Å². The average molecular weight is 404 g/mol.